The molecule has 31 heavy (non-hydrogen) atoms. The molecule has 2 aromatic carbocycles. The molecule has 2 amide bonds. The highest BCUT2D eigenvalue weighted by Crippen LogP contribution is 2.26. The largest absolute Gasteiger partial charge is 0.338 e. The molecule has 1 fully saturated rings. The van der Waals surface area contributed by atoms with Gasteiger partial charge < -0.3 is 10.2 Å². The van der Waals surface area contributed by atoms with Crippen molar-refractivity contribution in [3.63, 3.8) is 0 Å². The molecule has 162 valence electrons. The van der Waals surface area contributed by atoms with Crippen LogP contribution in [0.3, 0.4) is 0 Å². The van der Waals surface area contributed by atoms with Gasteiger partial charge in [-0.1, -0.05) is 57.2 Å². The third-order valence-electron chi connectivity index (χ3n) is 6.00. The van der Waals surface area contributed by atoms with Crippen LogP contribution in [0.4, 0.5) is 5.82 Å². The summed E-state index contributed by atoms with van der Waals surface area (Å²) in [7, 11) is 1.84. The first kappa shape index (κ1) is 21.1. The Bertz CT molecular complexity index is 1120. The standard InChI is InChI=1S/C25H30N4O2/c1-25(2,3)21-15-22(28(4)27-21)26-23(30)18-11-8-14-29(16-18)24(31)20-13-7-10-17-9-5-6-12-19(17)20/h5-7,9-10,12-13,15,18H,8,11,14,16H2,1-4H3,(H,26,30). The minimum absolute atomic E-state index is 0.00940. The zero-order valence-electron chi connectivity index (χ0n) is 18.7. The first-order valence-electron chi connectivity index (χ1n) is 10.9. The van der Waals surface area contributed by atoms with Crippen LogP contribution < -0.4 is 5.32 Å². The van der Waals surface area contributed by atoms with Gasteiger partial charge in [-0.05, 0) is 29.7 Å². The fourth-order valence-electron chi connectivity index (χ4n) is 4.14. The summed E-state index contributed by atoms with van der Waals surface area (Å²) in [6, 6.07) is 15.6. The lowest BCUT2D eigenvalue weighted by Crippen LogP contribution is -2.44. The number of piperidine rings is 1. The lowest BCUT2D eigenvalue weighted by Gasteiger charge is -2.32. The van der Waals surface area contributed by atoms with Gasteiger partial charge in [-0.3, -0.25) is 14.3 Å². The highest BCUT2D eigenvalue weighted by Gasteiger charge is 2.30. The summed E-state index contributed by atoms with van der Waals surface area (Å²) in [6.45, 7) is 7.39. The maximum atomic E-state index is 13.3. The van der Waals surface area contributed by atoms with Gasteiger partial charge in [0.1, 0.15) is 5.82 Å². The van der Waals surface area contributed by atoms with Crippen molar-refractivity contribution in [3.8, 4) is 0 Å². The number of hydrogen-bond donors (Lipinski definition) is 1. The summed E-state index contributed by atoms with van der Waals surface area (Å²) >= 11 is 0. The average Bonchev–Trinajstić information content (AvgIpc) is 3.13. The molecule has 0 aliphatic carbocycles. The SMILES string of the molecule is Cn1nc(C(C)(C)C)cc1NC(=O)C1CCCN(C(=O)c2cccc3ccccc23)C1. The van der Waals surface area contributed by atoms with Gasteiger partial charge in [0.25, 0.3) is 5.91 Å². The molecule has 6 nitrogen and oxygen atoms in total. The van der Waals surface area contributed by atoms with E-state index in [4.69, 9.17) is 0 Å². The van der Waals surface area contributed by atoms with E-state index in [1.807, 2.05) is 60.5 Å². The summed E-state index contributed by atoms with van der Waals surface area (Å²) in [5.74, 6) is 0.386. The van der Waals surface area contributed by atoms with Crippen LogP contribution in [0.2, 0.25) is 0 Å². The number of aromatic nitrogens is 2. The molecule has 0 spiro atoms. The second kappa shape index (κ2) is 8.17. The van der Waals surface area contributed by atoms with Crippen molar-refractivity contribution < 1.29 is 9.59 Å². The second-order valence-corrected chi connectivity index (χ2v) is 9.39. The highest BCUT2D eigenvalue weighted by molar-refractivity contribution is 6.07. The molecule has 1 aliphatic rings. The van der Waals surface area contributed by atoms with Crippen LogP contribution >= 0.6 is 0 Å². The van der Waals surface area contributed by atoms with Gasteiger partial charge in [0.05, 0.1) is 11.6 Å². The van der Waals surface area contributed by atoms with Gasteiger partial charge in [0.15, 0.2) is 0 Å². The van der Waals surface area contributed by atoms with Gasteiger partial charge >= 0.3 is 0 Å². The lowest BCUT2D eigenvalue weighted by atomic mass is 9.92. The van der Waals surface area contributed by atoms with Crippen molar-refractivity contribution in [2.24, 2.45) is 13.0 Å². The Morgan fingerprint density at radius 1 is 1.10 bits per heavy atom. The Kier molecular flexibility index (Phi) is 5.56. The molecule has 4 rings (SSSR count). The molecular formula is C25H30N4O2. The van der Waals surface area contributed by atoms with E-state index in [1.165, 1.54) is 0 Å². The first-order chi connectivity index (χ1) is 14.7. The van der Waals surface area contributed by atoms with Crippen LogP contribution in [0.5, 0.6) is 0 Å². The number of carbonyl (C=O) groups excluding carboxylic acids is 2. The summed E-state index contributed by atoms with van der Waals surface area (Å²) in [5, 5.41) is 9.55. The predicted molar refractivity (Wildman–Crippen MR) is 123 cm³/mol. The Labute approximate surface area is 183 Å². The van der Waals surface area contributed by atoms with E-state index in [-0.39, 0.29) is 23.1 Å². The highest BCUT2D eigenvalue weighted by atomic mass is 16.2. The van der Waals surface area contributed by atoms with Crippen LogP contribution in [0.25, 0.3) is 10.8 Å². The number of carbonyl (C=O) groups is 2. The number of anilines is 1. The van der Waals surface area contributed by atoms with Crippen LogP contribution in [0.15, 0.2) is 48.5 Å². The Hall–Kier alpha value is -3.15. The minimum atomic E-state index is -0.235. The molecule has 1 aliphatic heterocycles. The van der Waals surface area contributed by atoms with Gasteiger partial charge in [-0.2, -0.15) is 5.10 Å². The van der Waals surface area contributed by atoms with E-state index in [0.29, 0.717) is 24.5 Å². The molecule has 0 bridgehead atoms. The monoisotopic (exact) mass is 418 g/mol. The smallest absolute Gasteiger partial charge is 0.254 e. The third-order valence-corrected chi connectivity index (χ3v) is 6.00. The molecule has 2 heterocycles. The summed E-state index contributed by atoms with van der Waals surface area (Å²) < 4.78 is 1.71. The zero-order chi connectivity index (χ0) is 22.2. The molecule has 3 aromatic rings. The lowest BCUT2D eigenvalue weighted by molar-refractivity contribution is -0.121. The maximum Gasteiger partial charge on any atom is 0.254 e. The van der Waals surface area contributed by atoms with E-state index in [0.717, 1.165) is 29.3 Å². The number of hydrogen-bond acceptors (Lipinski definition) is 3. The normalized spacial score (nSPS) is 17.0. The van der Waals surface area contributed by atoms with Crippen molar-refractivity contribution >= 4 is 28.4 Å². The number of amides is 2. The Morgan fingerprint density at radius 3 is 2.58 bits per heavy atom. The molecule has 1 saturated heterocycles. The number of rotatable bonds is 3. The summed E-state index contributed by atoms with van der Waals surface area (Å²) in [5.41, 5.74) is 1.54. The number of nitrogens with zero attached hydrogens (tertiary/aromatic N) is 3. The number of benzene rings is 2. The Morgan fingerprint density at radius 2 is 1.84 bits per heavy atom. The molecule has 0 saturated carbocycles. The average molecular weight is 419 g/mol. The van der Waals surface area contributed by atoms with E-state index >= 15 is 0 Å². The predicted octanol–water partition coefficient (Wildman–Crippen LogP) is 4.36. The van der Waals surface area contributed by atoms with Crippen LogP contribution in [0, 0.1) is 5.92 Å². The summed E-state index contributed by atoms with van der Waals surface area (Å²) in [4.78, 5) is 28.1. The first-order valence-corrected chi connectivity index (χ1v) is 10.9. The molecule has 1 unspecified atom stereocenters. The van der Waals surface area contributed by atoms with Crippen LogP contribution in [0.1, 0.15) is 49.7 Å². The fourth-order valence-corrected chi connectivity index (χ4v) is 4.14. The van der Waals surface area contributed by atoms with Crippen LogP contribution in [-0.4, -0.2) is 39.6 Å². The maximum absolute atomic E-state index is 13.3. The van der Waals surface area contributed by atoms with Gasteiger partial charge in [-0.15, -0.1) is 0 Å². The van der Waals surface area contributed by atoms with Crippen molar-refractivity contribution in [2.45, 2.75) is 39.0 Å². The topological polar surface area (TPSA) is 67.2 Å². The molecule has 1 aromatic heterocycles. The van der Waals surface area contributed by atoms with E-state index in [1.54, 1.807) is 4.68 Å². The number of nitrogens with one attached hydrogen (secondary N) is 1. The van der Waals surface area contributed by atoms with Crippen molar-refractivity contribution in [3.05, 3.63) is 59.8 Å². The molecule has 1 N–H and O–H groups in total. The van der Waals surface area contributed by atoms with Gasteiger partial charge in [0.2, 0.25) is 5.91 Å². The number of fused-ring (bicyclic) bond motifs is 1. The van der Waals surface area contributed by atoms with Crippen molar-refractivity contribution in [1.29, 1.82) is 0 Å². The van der Waals surface area contributed by atoms with Gasteiger partial charge in [-0.25, -0.2) is 0 Å². The minimum Gasteiger partial charge on any atom is -0.338 e. The Balaban J connectivity index is 1.49. The van der Waals surface area contributed by atoms with E-state index < -0.39 is 0 Å². The molecular weight excluding hydrogens is 388 g/mol. The van der Waals surface area contributed by atoms with Crippen molar-refractivity contribution in [2.75, 3.05) is 18.4 Å². The molecule has 1 atom stereocenters. The zero-order valence-corrected chi connectivity index (χ0v) is 18.7. The van der Waals surface area contributed by atoms with E-state index in [2.05, 4.69) is 31.2 Å². The quantitative estimate of drug-likeness (QED) is 0.687. The van der Waals surface area contributed by atoms with Crippen LogP contribution in [-0.2, 0) is 17.3 Å². The number of aryl methyl sites for hydroxylation is 1. The number of likely N-dealkylation sites (tertiary alicyclic amines) is 1. The second-order valence-electron chi connectivity index (χ2n) is 9.39. The molecule has 0 radical (unpaired) electrons. The third kappa shape index (κ3) is 4.33. The summed E-state index contributed by atoms with van der Waals surface area (Å²) in [6.07, 6.45) is 1.59. The molecule has 6 heteroatoms. The van der Waals surface area contributed by atoms with Gasteiger partial charge in [0, 0.05) is 37.2 Å². The fraction of sp³-hybridized carbons (Fsp3) is 0.400. The van der Waals surface area contributed by atoms with E-state index in [9.17, 15) is 9.59 Å². The van der Waals surface area contributed by atoms with Crippen molar-refractivity contribution in [1.82, 2.24) is 14.7 Å².